The van der Waals surface area contributed by atoms with E-state index >= 15 is 0 Å². The van der Waals surface area contributed by atoms with Crippen LogP contribution >= 0.6 is 11.6 Å². The SMILES string of the molecule is C[C@@H](OC(=O)[C@@H]1CC=CCC1)C(=O)Nc1ccc(F)cc1Cl. The van der Waals surface area contributed by atoms with E-state index in [0.717, 1.165) is 18.9 Å². The minimum absolute atomic E-state index is 0.0873. The Morgan fingerprint density at radius 2 is 2.18 bits per heavy atom. The minimum Gasteiger partial charge on any atom is -0.452 e. The number of hydrogen-bond donors (Lipinski definition) is 1. The summed E-state index contributed by atoms with van der Waals surface area (Å²) in [6.07, 6.45) is 5.23. The normalized spacial score (nSPS) is 18.6. The van der Waals surface area contributed by atoms with E-state index in [1.54, 1.807) is 0 Å². The van der Waals surface area contributed by atoms with Gasteiger partial charge in [-0.1, -0.05) is 23.8 Å². The Balaban J connectivity index is 1.91. The highest BCUT2D eigenvalue weighted by Crippen LogP contribution is 2.23. The highest BCUT2D eigenvalue weighted by molar-refractivity contribution is 6.33. The first kappa shape index (κ1) is 16.5. The van der Waals surface area contributed by atoms with Crippen LogP contribution in [0.5, 0.6) is 0 Å². The van der Waals surface area contributed by atoms with Crippen molar-refractivity contribution in [3.05, 3.63) is 41.2 Å². The minimum atomic E-state index is -0.945. The fourth-order valence-electron chi connectivity index (χ4n) is 2.16. The number of allylic oxidation sites excluding steroid dienone is 2. The number of amides is 1. The van der Waals surface area contributed by atoms with E-state index < -0.39 is 17.8 Å². The fraction of sp³-hybridized carbons (Fsp3) is 0.375. The lowest BCUT2D eigenvalue weighted by Crippen LogP contribution is -2.32. The number of hydrogen-bond acceptors (Lipinski definition) is 3. The smallest absolute Gasteiger partial charge is 0.310 e. The van der Waals surface area contributed by atoms with Crippen molar-refractivity contribution >= 4 is 29.2 Å². The molecule has 0 fully saturated rings. The van der Waals surface area contributed by atoms with E-state index in [9.17, 15) is 14.0 Å². The molecule has 0 spiro atoms. The maximum atomic E-state index is 12.9. The molecule has 1 amide bonds. The van der Waals surface area contributed by atoms with E-state index in [0.29, 0.717) is 6.42 Å². The van der Waals surface area contributed by atoms with Crippen LogP contribution in [0.3, 0.4) is 0 Å². The lowest BCUT2D eigenvalue weighted by Gasteiger charge is -2.19. The number of carbonyl (C=O) groups excluding carboxylic acids is 2. The fourth-order valence-corrected chi connectivity index (χ4v) is 2.37. The van der Waals surface area contributed by atoms with Crippen molar-refractivity contribution in [3.8, 4) is 0 Å². The molecule has 6 heteroatoms. The van der Waals surface area contributed by atoms with Gasteiger partial charge in [0.2, 0.25) is 0 Å². The molecule has 0 unspecified atom stereocenters. The van der Waals surface area contributed by atoms with E-state index in [4.69, 9.17) is 16.3 Å². The highest BCUT2D eigenvalue weighted by atomic mass is 35.5. The van der Waals surface area contributed by atoms with Crippen molar-refractivity contribution in [1.29, 1.82) is 0 Å². The van der Waals surface area contributed by atoms with Crippen LogP contribution in [0, 0.1) is 11.7 Å². The third-order valence-electron chi connectivity index (χ3n) is 3.45. The molecule has 1 aliphatic carbocycles. The Bertz CT molecular complexity index is 603. The van der Waals surface area contributed by atoms with Gasteiger partial charge in [0.25, 0.3) is 5.91 Å². The van der Waals surface area contributed by atoms with Gasteiger partial charge in [-0.15, -0.1) is 0 Å². The van der Waals surface area contributed by atoms with Gasteiger partial charge in [0, 0.05) is 0 Å². The zero-order valence-electron chi connectivity index (χ0n) is 12.1. The zero-order chi connectivity index (χ0) is 16.1. The molecule has 0 bridgehead atoms. The number of nitrogens with one attached hydrogen (secondary N) is 1. The van der Waals surface area contributed by atoms with Gasteiger partial charge in [0.1, 0.15) is 5.82 Å². The van der Waals surface area contributed by atoms with E-state index in [1.165, 1.54) is 19.1 Å². The molecule has 0 aliphatic heterocycles. The van der Waals surface area contributed by atoms with Gasteiger partial charge in [0.05, 0.1) is 16.6 Å². The summed E-state index contributed by atoms with van der Waals surface area (Å²) in [6.45, 7) is 1.49. The molecular weight excluding hydrogens is 309 g/mol. The first-order valence-corrected chi connectivity index (χ1v) is 7.46. The second-order valence-electron chi connectivity index (χ2n) is 5.17. The third-order valence-corrected chi connectivity index (χ3v) is 3.77. The van der Waals surface area contributed by atoms with E-state index in [2.05, 4.69) is 5.32 Å². The monoisotopic (exact) mass is 325 g/mol. The highest BCUT2D eigenvalue weighted by Gasteiger charge is 2.25. The summed E-state index contributed by atoms with van der Waals surface area (Å²) in [7, 11) is 0. The van der Waals surface area contributed by atoms with Gasteiger partial charge in [-0.2, -0.15) is 0 Å². The molecule has 0 aromatic heterocycles. The number of ether oxygens (including phenoxy) is 1. The van der Waals surface area contributed by atoms with Crippen LogP contribution in [0.1, 0.15) is 26.2 Å². The molecule has 0 saturated heterocycles. The Kier molecular flexibility index (Phi) is 5.55. The summed E-state index contributed by atoms with van der Waals surface area (Å²) < 4.78 is 18.1. The molecule has 4 nitrogen and oxygen atoms in total. The van der Waals surface area contributed by atoms with E-state index in [-0.39, 0.29) is 22.6 Å². The standard InChI is InChI=1S/C16H17ClFNO3/c1-10(22-16(21)11-5-3-2-4-6-11)15(20)19-14-8-7-12(18)9-13(14)17/h2-3,7-11H,4-6H2,1H3,(H,19,20)/t10-,11-/m1/s1. The molecule has 0 radical (unpaired) electrons. The van der Waals surface area contributed by atoms with Crippen molar-refractivity contribution in [2.45, 2.75) is 32.3 Å². The maximum absolute atomic E-state index is 12.9. The molecule has 22 heavy (non-hydrogen) atoms. The van der Waals surface area contributed by atoms with Crippen LogP contribution in [0.2, 0.25) is 5.02 Å². The summed E-state index contributed by atoms with van der Waals surface area (Å²) in [4.78, 5) is 24.0. The second-order valence-corrected chi connectivity index (χ2v) is 5.58. The summed E-state index contributed by atoms with van der Waals surface area (Å²) >= 11 is 5.84. The molecule has 1 aromatic rings. The van der Waals surface area contributed by atoms with Crippen LogP contribution in [0.15, 0.2) is 30.4 Å². The molecule has 118 valence electrons. The van der Waals surface area contributed by atoms with Gasteiger partial charge in [0.15, 0.2) is 6.10 Å². The van der Waals surface area contributed by atoms with Crippen molar-refractivity contribution in [3.63, 3.8) is 0 Å². The summed E-state index contributed by atoms with van der Waals surface area (Å²) in [5, 5.41) is 2.60. The summed E-state index contributed by atoms with van der Waals surface area (Å²) in [6, 6.07) is 3.64. The number of carbonyl (C=O) groups is 2. The first-order valence-electron chi connectivity index (χ1n) is 7.09. The molecule has 0 heterocycles. The van der Waals surface area contributed by atoms with Gasteiger partial charge < -0.3 is 10.1 Å². The Hall–Kier alpha value is -1.88. The maximum Gasteiger partial charge on any atom is 0.310 e. The van der Waals surface area contributed by atoms with E-state index in [1.807, 2.05) is 12.2 Å². The van der Waals surface area contributed by atoms with Crippen molar-refractivity contribution in [2.24, 2.45) is 5.92 Å². The number of anilines is 1. The molecule has 2 atom stereocenters. The number of halogens is 2. The Labute approximate surface area is 133 Å². The molecule has 2 rings (SSSR count). The van der Waals surface area contributed by atoms with Crippen LogP contribution in [0.4, 0.5) is 10.1 Å². The van der Waals surface area contributed by atoms with Gasteiger partial charge in [-0.05, 0) is 44.4 Å². The predicted octanol–water partition coefficient (Wildman–Crippen LogP) is 3.71. The molecule has 1 N–H and O–H groups in total. The third kappa shape index (κ3) is 4.31. The number of rotatable bonds is 4. The Morgan fingerprint density at radius 1 is 1.41 bits per heavy atom. The second kappa shape index (κ2) is 7.40. The van der Waals surface area contributed by atoms with Gasteiger partial charge in [-0.25, -0.2) is 4.39 Å². The van der Waals surface area contributed by atoms with Crippen LogP contribution in [-0.4, -0.2) is 18.0 Å². The van der Waals surface area contributed by atoms with Crippen LogP contribution in [0.25, 0.3) is 0 Å². The largest absolute Gasteiger partial charge is 0.452 e. The quantitative estimate of drug-likeness (QED) is 0.678. The average molecular weight is 326 g/mol. The van der Waals surface area contributed by atoms with Gasteiger partial charge in [-0.3, -0.25) is 9.59 Å². The first-order chi connectivity index (χ1) is 10.5. The number of benzene rings is 1. The molecule has 0 saturated carbocycles. The molecule has 1 aromatic carbocycles. The topological polar surface area (TPSA) is 55.4 Å². The molecular formula is C16H17ClFNO3. The van der Waals surface area contributed by atoms with Crippen LogP contribution in [-0.2, 0) is 14.3 Å². The lowest BCUT2D eigenvalue weighted by molar-refractivity contribution is -0.157. The van der Waals surface area contributed by atoms with Crippen LogP contribution < -0.4 is 5.32 Å². The lowest BCUT2D eigenvalue weighted by atomic mass is 9.95. The zero-order valence-corrected chi connectivity index (χ0v) is 12.9. The summed E-state index contributed by atoms with van der Waals surface area (Å²) in [5.41, 5.74) is 0.275. The van der Waals surface area contributed by atoms with Crippen molar-refractivity contribution in [2.75, 3.05) is 5.32 Å². The number of esters is 1. The van der Waals surface area contributed by atoms with Crippen molar-refractivity contribution in [1.82, 2.24) is 0 Å². The summed E-state index contributed by atoms with van der Waals surface area (Å²) in [5.74, 6) is -1.58. The Morgan fingerprint density at radius 3 is 2.82 bits per heavy atom. The predicted molar refractivity (Wildman–Crippen MR) is 82.1 cm³/mol. The average Bonchev–Trinajstić information content (AvgIpc) is 2.50. The molecule has 1 aliphatic rings. The van der Waals surface area contributed by atoms with Crippen molar-refractivity contribution < 1.29 is 18.7 Å². The van der Waals surface area contributed by atoms with Gasteiger partial charge >= 0.3 is 5.97 Å².